The third kappa shape index (κ3) is 4.33. The minimum Gasteiger partial charge on any atom is -0.344 e. The van der Waals surface area contributed by atoms with Crippen molar-refractivity contribution in [2.45, 2.75) is 39.9 Å². The quantitative estimate of drug-likeness (QED) is 0.488. The summed E-state index contributed by atoms with van der Waals surface area (Å²) < 4.78 is 43.8. The molecule has 1 unspecified atom stereocenters. The van der Waals surface area contributed by atoms with Crippen LogP contribution in [0, 0.1) is 20.8 Å². The van der Waals surface area contributed by atoms with Crippen molar-refractivity contribution < 1.29 is 18.0 Å². The highest BCUT2D eigenvalue weighted by atomic mass is 19.4. The number of aryl methyl sites for hydroxylation is 4. The molecule has 0 saturated carbocycles. The molecule has 0 saturated heterocycles. The Bertz CT molecular complexity index is 1370. The third-order valence-electron chi connectivity index (χ3n) is 5.62. The second-order valence-electron chi connectivity index (χ2n) is 8.16. The molecule has 3 aromatic heterocycles. The van der Waals surface area contributed by atoms with Gasteiger partial charge in [-0.15, -0.1) is 0 Å². The van der Waals surface area contributed by atoms with Crippen LogP contribution < -0.4 is 5.32 Å². The Hall–Kier alpha value is -3.69. The van der Waals surface area contributed by atoms with E-state index in [0.29, 0.717) is 10.1 Å². The van der Waals surface area contributed by atoms with E-state index >= 15 is 0 Å². The molecule has 4 aromatic rings. The molecule has 7 nitrogen and oxygen atoms in total. The van der Waals surface area contributed by atoms with Crippen molar-refractivity contribution in [2.75, 3.05) is 0 Å². The number of alkyl halides is 3. The van der Waals surface area contributed by atoms with E-state index in [1.807, 2.05) is 26.8 Å². The predicted molar refractivity (Wildman–Crippen MR) is 117 cm³/mol. The lowest BCUT2D eigenvalue weighted by molar-refractivity contribution is -0.142. The highest BCUT2D eigenvalue weighted by Gasteiger charge is 2.35. The third-order valence-corrected chi connectivity index (χ3v) is 5.62. The number of halogens is 3. The van der Waals surface area contributed by atoms with Crippen LogP contribution in [0.25, 0.3) is 16.9 Å². The normalized spacial score (nSPS) is 12.8. The van der Waals surface area contributed by atoms with E-state index in [-0.39, 0.29) is 17.0 Å². The number of benzene rings is 1. The summed E-state index contributed by atoms with van der Waals surface area (Å²) in [6, 6.07) is 7.16. The zero-order chi connectivity index (χ0) is 24.1. The fourth-order valence-electron chi connectivity index (χ4n) is 3.73. The molecule has 0 aliphatic rings. The first-order chi connectivity index (χ1) is 15.4. The fraction of sp³-hybridized carbons (Fsp3) is 0.304. The highest BCUT2D eigenvalue weighted by molar-refractivity contribution is 5.93. The van der Waals surface area contributed by atoms with Crippen molar-refractivity contribution in [1.82, 2.24) is 29.7 Å². The van der Waals surface area contributed by atoms with Crippen LogP contribution in [0.3, 0.4) is 0 Å². The SMILES string of the molecule is Cc1ccc(-c2cc(C(F)(F)F)n3nc(C(=O)NC(C)c4cn(C)nc4C)cc3n2)cc1C. The van der Waals surface area contributed by atoms with Crippen LogP contribution in [0.4, 0.5) is 13.2 Å². The van der Waals surface area contributed by atoms with Gasteiger partial charge >= 0.3 is 6.18 Å². The molecule has 1 N–H and O–H groups in total. The van der Waals surface area contributed by atoms with Gasteiger partial charge in [0.05, 0.1) is 17.4 Å². The Labute approximate surface area is 188 Å². The van der Waals surface area contributed by atoms with Crippen molar-refractivity contribution in [3.05, 3.63) is 70.3 Å². The molecule has 0 spiro atoms. The average Bonchev–Trinajstić information content (AvgIpc) is 3.31. The molecule has 0 fully saturated rings. The van der Waals surface area contributed by atoms with Gasteiger partial charge in [-0.1, -0.05) is 12.1 Å². The van der Waals surface area contributed by atoms with Gasteiger partial charge in [-0.05, 0) is 51.0 Å². The summed E-state index contributed by atoms with van der Waals surface area (Å²) in [6.07, 6.45) is -2.90. The Balaban J connectivity index is 1.74. The van der Waals surface area contributed by atoms with Gasteiger partial charge in [0, 0.05) is 30.4 Å². The lowest BCUT2D eigenvalue weighted by Gasteiger charge is -2.12. The summed E-state index contributed by atoms with van der Waals surface area (Å²) in [7, 11) is 1.77. The molecule has 4 rings (SSSR count). The second kappa shape index (κ2) is 8.02. The van der Waals surface area contributed by atoms with Crippen molar-refractivity contribution in [3.8, 4) is 11.3 Å². The number of carbonyl (C=O) groups is 1. The van der Waals surface area contributed by atoms with Crippen LogP contribution in [0.15, 0.2) is 36.5 Å². The van der Waals surface area contributed by atoms with Gasteiger partial charge in [-0.3, -0.25) is 9.48 Å². The highest BCUT2D eigenvalue weighted by Crippen LogP contribution is 2.33. The number of nitrogens with one attached hydrogen (secondary N) is 1. The lowest BCUT2D eigenvalue weighted by Crippen LogP contribution is -2.27. The van der Waals surface area contributed by atoms with E-state index in [9.17, 15) is 18.0 Å². The number of aromatic nitrogens is 5. The van der Waals surface area contributed by atoms with E-state index < -0.39 is 23.8 Å². The monoisotopic (exact) mass is 456 g/mol. The van der Waals surface area contributed by atoms with Gasteiger partial charge in [0.25, 0.3) is 5.91 Å². The molecule has 0 bridgehead atoms. The maximum atomic E-state index is 13.8. The summed E-state index contributed by atoms with van der Waals surface area (Å²) in [6.45, 7) is 7.40. The minimum absolute atomic E-state index is 0.0617. The topological polar surface area (TPSA) is 77.1 Å². The minimum atomic E-state index is -4.68. The first kappa shape index (κ1) is 22.5. The summed E-state index contributed by atoms with van der Waals surface area (Å²) in [5, 5.41) is 10.9. The number of hydrogen-bond acceptors (Lipinski definition) is 4. The second-order valence-corrected chi connectivity index (χ2v) is 8.16. The molecular formula is C23H23F3N6O. The maximum Gasteiger partial charge on any atom is 0.433 e. The molecular weight excluding hydrogens is 433 g/mol. The van der Waals surface area contributed by atoms with Crippen molar-refractivity contribution in [1.29, 1.82) is 0 Å². The van der Waals surface area contributed by atoms with E-state index in [0.717, 1.165) is 28.5 Å². The average molecular weight is 456 g/mol. The van der Waals surface area contributed by atoms with Gasteiger partial charge in [-0.2, -0.15) is 23.4 Å². The Morgan fingerprint density at radius 3 is 2.39 bits per heavy atom. The van der Waals surface area contributed by atoms with Crippen molar-refractivity contribution in [2.24, 2.45) is 7.05 Å². The van der Waals surface area contributed by atoms with Crippen molar-refractivity contribution >= 4 is 11.6 Å². The molecule has 1 aromatic carbocycles. The van der Waals surface area contributed by atoms with Crippen LogP contribution in [0.1, 0.15) is 51.5 Å². The Kier molecular flexibility index (Phi) is 5.47. The molecule has 3 heterocycles. The molecule has 33 heavy (non-hydrogen) atoms. The molecule has 0 aliphatic carbocycles. The molecule has 0 radical (unpaired) electrons. The summed E-state index contributed by atoms with van der Waals surface area (Å²) in [5.41, 5.74) is 3.01. The zero-order valence-electron chi connectivity index (χ0n) is 18.8. The standard InChI is InChI=1S/C23H23F3N6O/c1-12-6-7-16(8-13(12)2)18-9-20(23(24,25)26)32-21(28-18)10-19(30-32)22(33)27-14(3)17-11-31(5)29-15(17)4/h6-11,14H,1-5H3,(H,27,33). The van der Waals surface area contributed by atoms with Gasteiger partial charge in [0.1, 0.15) is 0 Å². The smallest absolute Gasteiger partial charge is 0.344 e. The summed E-state index contributed by atoms with van der Waals surface area (Å²) in [4.78, 5) is 17.1. The molecule has 1 amide bonds. The number of amides is 1. The fourth-order valence-corrected chi connectivity index (χ4v) is 3.73. The zero-order valence-corrected chi connectivity index (χ0v) is 18.8. The number of carbonyl (C=O) groups excluding carboxylic acids is 1. The van der Waals surface area contributed by atoms with Crippen LogP contribution in [0.5, 0.6) is 0 Å². The molecule has 172 valence electrons. The largest absolute Gasteiger partial charge is 0.433 e. The predicted octanol–water partition coefficient (Wildman–Crippen LogP) is 4.56. The van der Waals surface area contributed by atoms with Gasteiger partial charge in [0.2, 0.25) is 0 Å². The molecule has 0 aliphatic heterocycles. The van der Waals surface area contributed by atoms with Gasteiger partial charge in [-0.25, -0.2) is 9.50 Å². The first-order valence-corrected chi connectivity index (χ1v) is 10.3. The van der Waals surface area contributed by atoms with E-state index in [1.165, 1.54) is 6.07 Å². The number of nitrogens with zero attached hydrogens (tertiary/aromatic N) is 5. The Morgan fingerprint density at radius 2 is 1.79 bits per heavy atom. The number of rotatable bonds is 4. The van der Waals surface area contributed by atoms with Crippen LogP contribution in [-0.4, -0.2) is 30.3 Å². The van der Waals surface area contributed by atoms with Crippen molar-refractivity contribution in [3.63, 3.8) is 0 Å². The number of hydrogen-bond donors (Lipinski definition) is 1. The van der Waals surface area contributed by atoms with E-state index in [2.05, 4.69) is 20.5 Å². The summed E-state index contributed by atoms with van der Waals surface area (Å²) in [5.74, 6) is -0.600. The first-order valence-electron chi connectivity index (χ1n) is 10.3. The van der Waals surface area contributed by atoms with Crippen LogP contribution in [0.2, 0.25) is 0 Å². The van der Waals surface area contributed by atoms with Crippen LogP contribution >= 0.6 is 0 Å². The van der Waals surface area contributed by atoms with E-state index in [4.69, 9.17) is 0 Å². The van der Waals surface area contributed by atoms with Gasteiger partial charge < -0.3 is 5.32 Å². The summed E-state index contributed by atoms with van der Waals surface area (Å²) >= 11 is 0. The van der Waals surface area contributed by atoms with E-state index in [1.54, 1.807) is 37.0 Å². The van der Waals surface area contributed by atoms with Gasteiger partial charge in [0.15, 0.2) is 17.0 Å². The molecule has 1 atom stereocenters. The molecule has 10 heteroatoms. The van der Waals surface area contributed by atoms with Crippen LogP contribution in [-0.2, 0) is 13.2 Å². The lowest BCUT2D eigenvalue weighted by atomic mass is 10.0. The Morgan fingerprint density at radius 1 is 1.06 bits per heavy atom. The number of fused-ring (bicyclic) bond motifs is 1. The maximum absolute atomic E-state index is 13.8.